The summed E-state index contributed by atoms with van der Waals surface area (Å²) in [6, 6.07) is -0.945. The van der Waals surface area contributed by atoms with E-state index in [0.29, 0.717) is 12.2 Å². The van der Waals surface area contributed by atoms with Crippen molar-refractivity contribution in [2.24, 2.45) is 5.73 Å². The van der Waals surface area contributed by atoms with Crippen LogP contribution in [0.4, 0.5) is 0 Å². The summed E-state index contributed by atoms with van der Waals surface area (Å²) in [6.07, 6.45) is 2.09. The van der Waals surface area contributed by atoms with Crippen molar-refractivity contribution in [1.29, 1.82) is 0 Å². The maximum absolute atomic E-state index is 10.7. The molecule has 0 saturated heterocycles. The van der Waals surface area contributed by atoms with Gasteiger partial charge in [-0.1, -0.05) is 0 Å². The molecule has 0 aromatic heterocycles. The van der Waals surface area contributed by atoms with E-state index < -0.39 is 12.0 Å². The van der Waals surface area contributed by atoms with Gasteiger partial charge in [0.25, 0.3) is 0 Å². The molecule has 0 radical (unpaired) electrons. The summed E-state index contributed by atoms with van der Waals surface area (Å²) < 4.78 is 0. The maximum Gasteiger partial charge on any atom is 0.327 e. The predicted octanol–water partition coefficient (Wildman–Crippen LogP) is -1.75. The lowest BCUT2D eigenvalue weighted by Gasteiger charge is -2.10. The monoisotopic (exact) mass is 191 g/mol. The van der Waals surface area contributed by atoms with Crippen molar-refractivity contribution < 1.29 is 14.7 Å². The summed E-state index contributed by atoms with van der Waals surface area (Å²) in [7, 11) is -0.369. The number of carbonyl (C=O) groups is 2. The van der Waals surface area contributed by atoms with Gasteiger partial charge in [0.15, 0.2) is 0 Å². The second-order valence-corrected chi connectivity index (χ2v) is 4.80. The average molecular weight is 191 g/mol. The van der Waals surface area contributed by atoms with Crippen LogP contribution in [0, 0.1) is 0 Å². The fourth-order valence-corrected chi connectivity index (χ4v) is 1.46. The highest BCUT2D eigenvalue weighted by molar-refractivity contribution is 8.10. The Morgan fingerprint density at radius 1 is 1.58 bits per heavy atom. The average Bonchev–Trinajstić information content (AvgIpc) is 1.98. The number of hydrogen-bond donors (Lipinski definition) is 1. The molecule has 0 aliphatic rings. The van der Waals surface area contributed by atoms with Gasteiger partial charge in [-0.15, -0.1) is 0 Å². The molecule has 70 valence electrons. The second-order valence-electron chi connectivity index (χ2n) is 2.55. The molecule has 2 N–H and O–H groups in total. The lowest BCUT2D eigenvalue weighted by Crippen LogP contribution is -2.43. The SMILES string of the molecule is CC(=O)[S+](C)CC[C@H](N)C(=O)[O-]. The van der Waals surface area contributed by atoms with Crippen LogP contribution in [0.2, 0.25) is 0 Å². The van der Waals surface area contributed by atoms with E-state index in [9.17, 15) is 14.7 Å². The maximum atomic E-state index is 10.7. The Morgan fingerprint density at radius 2 is 2.08 bits per heavy atom. The van der Waals surface area contributed by atoms with E-state index >= 15 is 0 Å². The highest BCUT2D eigenvalue weighted by atomic mass is 32.2. The standard InChI is InChI=1S/C7H13NO3S/c1-5(9)12(2)4-3-6(8)7(10)11/h6H,3-4,8H2,1-2H3/t6-,12?/m0/s1. The third kappa shape index (κ3) is 4.35. The van der Waals surface area contributed by atoms with Crippen LogP contribution in [-0.2, 0) is 20.5 Å². The quantitative estimate of drug-likeness (QED) is 0.534. The van der Waals surface area contributed by atoms with Crippen LogP contribution in [0.1, 0.15) is 13.3 Å². The molecule has 1 unspecified atom stereocenters. The Bertz CT molecular complexity index is 163. The molecule has 0 aliphatic carbocycles. The van der Waals surface area contributed by atoms with Crippen molar-refractivity contribution in [2.75, 3.05) is 12.0 Å². The lowest BCUT2D eigenvalue weighted by molar-refractivity contribution is -0.307. The van der Waals surface area contributed by atoms with Crippen LogP contribution in [0.5, 0.6) is 0 Å². The first-order valence-electron chi connectivity index (χ1n) is 3.54. The van der Waals surface area contributed by atoms with Crippen molar-refractivity contribution in [3.8, 4) is 0 Å². The Balaban J connectivity index is 3.68. The second kappa shape index (κ2) is 5.16. The number of carboxylic acid groups (broad SMARTS) is 1. The van der Waals surface area contributed by atoms with Crippen molar-refractivity contribution in [1.82, 2.24) is 0 Å². The molecule has 4 nitrogen and oxygen atoms in total. The van der Waals surface area contributed by atoms with E-state index in [1.807, 2.05) is 0 Å². The minimum absolute atomic E-state index is 0.0838. The van der Waals surface area contributed by atoms with Crippen LogP contribution < -0.4 is 10.8 Å². The summed E-state index contributed by atoms with van der Waals surface area (Å²) in [5, 5.41) is 10.2. The first-order chi connectivity index (χ1) is 5.45. The van der Waals surface area contributed by atoms with Crippen LogP contribution in [-0.4, -0.2) is 29.1 Å². The van der Waals surface area contributed by atoms with Crippen LogP contribution in [0.3, 0.4) is 0 Å². The van der Waals surface area contributed by atoms with Crippen molar-refractivity contribution in [3.63, 3.8) is 0 Å². The molecule has 0 amide bonds. The molecule has 5 heteroatoms. The summed E-state index contributed by atoms with van der Waals surface area (Å²) in [4.78, 5) is 20.9. The first-order valence-corrected chi connectivity index (χ1v) is 5.35. The highest BCUT2D eigenvalue weighted by Crippen LogP contribution is 1.98. The zero-order valence-corrected chi connectivity index (χ0v) is 8.02. The van der Waals surface area contributed by atoms with Gasteiger partial charge >= 0.3 is 5.12 Å². The smallest absolute Gasteiger partial charge is 0.327 e. The van der Waals surface area contributed by atoms with E-state index in [1.165, 1.54) is 6.92 Å². The van der Waals surface area contributed by atoms with Gasteiger partial charge in [-0.05, 0) is 0 Å². The number of carbonyl (C=O) groups excluding carboxylic acids is 2. The van der Waals surface area contributed by atoms with E-state index in [4.69, 9.17) is 5.73 Å². The minimum atomic E-state index is -1.25. The molecule has 0 spiro atoms. The molecule has 0 rings (SSSR count). The van der Waals surface area contributed by atoms with Gasteiger partial charge in [-0.25, -0.2) is 4.79 Å². The van der Waals surface area contributed by atoms with E-state index in [1.54, 1.807) is 6.26 Å². The number of hydrogen-bond acceptors (Lipinski definition) is 4. The number of nitrogens with two attached hydrogens (primary N) is 1. The molecule has 0 aromatic rings. The van der Waals surface area contributed by atoms with Crippen molar-refractivity contribution in [2.45, 2.75) is 19.4 Å². The summed E-state index contributed by atoms with van der Waals surface area (Å²) in [5.41, 5.74) is 5.20. The van der Waals surface area contributed by atoms with E-state index in [-0.39, 0.29) is 16.0 Å². The molecule has 2 atom stereocenters. The Labute approximate surface area is 74.5 Å². The highest BCUT2D eigenvalue weighted by Gasteiger charge is 2.19. The molecule has 0 fully saturated rings. The summed E-state index contributed by atoms with van der Waals surface area (Å²) >= 11 is 0. The van der Waals surface area contributed by atoms with Gasteiger partial charge in [0.05, 0.1) is 16.9 Å². The molecular formula is C7H13NO3S. The lowest BCUT2D eigenvalue weighted by atomic mass is 10.2. The molecule has 0 aromatic carbocycles. The number of rotatable bonds is 4. The summed E-state index contributed by atoms with van der Waals surface area (Å²) in [5.74, 6) is -0.722. The molecule has 0 bridgehead atoms. The van der Waals surface area contributed by atoms with Gasteiger partial charge in [0.1, 0.15) is 12.0 Å². The Morgan fingerprint density at radius 3 is 2.42 bits per heavy atom. The van der Waals surface area contributed by atoms with Crippen LogP contribution in [0.25, 0.3) is 0 Å². The Hall–Kier alpha value is -0.550. The topological polar surface area (TPSA) is 83.2 Å². The van der Waals surface area contributed by atoms with Crippen molar-refractivity contribution in [3.05, 3.63) is 0 Å². The van der Waals surface area contributed by atoms with Gasteiger partial charge in [-0.3, -0.25) is 0 Å². The third-order valence-electron chi connectivity index (χ3n) is 1.53. The molecule has 12 heavy (non-hydrogen) atoms. The van der Waals surface area contributed by atoms with Crippen molar-refractivity contribution >= 4 is 22.0 Å². The number of aliphatic carboxylic acids is 1. The zero-order valence-electron chi connectivity index (χ0n) is 7.20. The van der Waals surface area contributed by atoms with E-state index in [0.717, 1.165) is 0 Å². The molecule has 0 heterocycles. The van der Waals surface area contributed by atoms with Crippen LogP contribution >= 0.6 is 0 Å². The fourth-order valence-electron chi connectivity index (χ4n) is 0.565. The van der Waals surface area contributed by atoms with E-state index in [2.05, 4.69) is 0 Å². The largest absolute Gasteiger partial charge is 0.548 e. The molecule has 0 aliphatic heterocycles. The fraction of sp³-hybridized carbons (Fsp3) is 0.714. The zero-order chi connectivity index (χ0) is 9.72. The van der Waals surface area contributed by atoms with Gasteiger partial charge in [0.2, 0.25) is 0 Å². The normalized spacial score (nSPS) is 15.2. The minimum Gasteiger partial charge on any atom is -0.548 e. The van der Waals surface area contributed by atoms with Gasteiger partial charge in [-0.2, -0.15) is 0 Å². The third-order valence-corrected chi connectivity index (χ3v) is 3.36. The molecule has 0 saturated carbocycles. The number of carboxylic acids is 1. The molecular weight excluding hydrogens is 178 g/mol. The summed E-state index contributed by atoms with van der Waals surface area (Å²) in [6.45, 7) is 1.49. The van der Waals surface area contributed by atoms with Gasteiger partial charge in [0, 0.05) is 19.4 Å². The predicted molar refractivity (Wildman–Crippen MR) is 46.4 cm³/mol. The first kappa shape index (κ1) is 11.4. The van der Waals surface area contributed by atoms with Gasteiger partial charge < -0.3 is 15.6 Å². The van der Waals surface area contributed by atoms with Crippen LogP contribution in [0.15, 0.2) is 0 Å². The Kier molecular flexibility index (Phi) is 4.92.